The molecule has 3 aromatic heterocycles. The number of aliphatic hydroxyl groups excluding tert-OH is 1. The summed E-state index contributed by atoms with van der Waals surface area (Å²) in [6.07, 6.45) is -0.466. The molecule has 0 spiro atoms. The van der Waals surface area contributed by atoms with Gasteiger partial charge in [0, 0.05) is 48.8 Å². The number of halogens is 3. The number of Topliss-reactive ketones (excluding diaryl/α,β-unsaturated/α-hetero) is 2. The molecule has 2 aromatic carbocycles. The highest BCUT2D eigenvalue weighted by Crippen LogP contribution is 2.38. The van der Waals surface area contributed by atoms with Gasteiger partial charge in [-0.2, -0.15) is 0 Å². The van der Waals surface area contributed by atoms with Gasteiger partial charge in [0.15, 0.2) is 23.1 Å². The lowest BCUT2D eigenvalue weighted by atomic mass is 10.0. The molecule has 11 nitrogen and oxygen atoms in total. The maximum atomic E-state index is 14.2. The Balaban J connectivity index is 0.000000310. The third kappa shape index (κ3) is 10.7. The number of thiophene rings is 1. The second-order valence-electron chi connectivity index (χ2n) is 12.4. The van der Waals surface area contributed by atoms with Crippen molar-refractivity contribution >= 4 is 78.0 Å². The summed E-state index contributed by atoms with van der Waals surface area (Å²) >= 11 is 10.3. The zero-order valence-corrected chi connectivity index (χ0v) is 33.1. The van der Waals surface area contributed by atoms with Crippen LogP contribution in [0.2, 0.25) is 5.15 Å². The summed E-state index contributed by atoms with van der Waals surface area (Å²) in [7, 11) is 4.83. The summed E-state index contributed by atoms with van der Waals surface area (Å²) in [5.74, 6) is -0.00457. The minimum Gasteiger partial charge on any atom is -0.493 e. The number of amides is 1. The SMILES string of the molecule is CN(C(=O)OC(C)(C)C)c1ccc(Cl)nc1Br.CNc1ccc(C(=O)CCC(=O)c2ccc(OCCO)c(OC)c2)nc1-c1csc2c(F)cccc12. The number of ketones is 2. The number of carbonyl (C=O) groups excluding carboxylic acids is 3. The lowest BCUT2D eigenvalue weighted by Crippen LogP contribution is -2.34. The number of hydrogen-bond donors (Lipinski definition) is 2. The molecule has 0 atom stereocenters. The minimum atomic E-state index is -0.530. The molecule has 5 aromatic rings. The third-order valence-electron chi connectivity index (χ3n) is 7.49. The molecule has 0 unspecified atom stereocenters. The summed E-state index contributed by atoms with van der Waals surface area (Å²) in [6, 6.07) is 16.3. The molecule has 0 aliphatic carbocycles. The predicted molar refractivity (Wildman–Crippen MR) is 210 cm³/mol. The molecule has 0 saturated heterocycles. The van der Waals surface area contributed by atoms with Crippen LogP contribution in [0, 0.1) is 5.82 Å². The number of carbonyl (C=O) groups is 3. The Morgan fingerprint density at radius 2 is 1.75 bits per heavy atom. The van der Waals surface area contributed by atoms with Crippen LogP contribution in [0.15, 0.2) is 70.6 Å². The Labute approximate surface area is 324 Å². The van der Waals surface area contributed by atoms with Gasteiger partial charge >= 0.3 is 6.09 Å². The maximum absolute atomic E-state index is 14.2. The van der Waals surface area contributed by atoms with Crippen molar-refractivity contribution in [3.05, 3.63) is 92.9 Å². The van der Waals surface area contributed by atoms with E-state index in [1.807, 2.05) is 32.2 Å². The van der Waals surface area contributed by atoms with Crippen molar-refractivity contribution in [2.75, 3.05) is 44.6 Å². The van der Waals surface area contributed by atoms with Crippen molar-refractivity contribution in [1.82, 2.24) is 9.97 Å². The topological polar surface area (TPSA) is 140 Å². The molecule has 0 bridgehead atoms. The van der Waals surface area contributed by atoms with Gasteiger partial charge < -0.3 is 24.6 Å². The van der Waals surface area contributed by atoms with Crippen molar-refractivity contribution in [2.24, 2.45) is 0 Å². The van der Waals surface area contributed by atoms with Crippen LogP contribution in [0.1, 0.15) is 54.5 Å². The average molecular weight is 830 g/mol. The van der Waals surface area contributed by atoms with Crippen molar-refractivity contribution < 1.29 is 38.1 Å². The standard InChI is InChI=1S/C27H25FN2O5S.C11H14BrClN2O2/c1-29-21-8-7-20(30-26(21)18-15-36-27-17(18)4-3-5-19(27)28)23(33)10-9-22(32)16-6-11-24(35-13-12-31)25(14-16)34-2;1-11(2,3)17-10(16)15(4)7-5-6-8(13)14-9(7)12/h3-8,11,14-15,29,31H,9-10,12-13H2,1-2H3;5-6H,1-4H3. The molecular formula is C38H39BrClFN4O7S. The highest BCUT2D eigenvalue weighted by atomic mass is 79.9. The highest BCUT2D eigenvalue weighted by molar-refractivity contribution is 9.10. The van der Waals surface area contributed by atoms with Gasteiger partial charge in [0.25, 0.3) is 0 Å². The Morgan fingerprint density at radius 3 is 2.42 bits per heavy atom. The van der Waals surface area contributed by atoms with Crippen LogP contribution >= 0.6 is 38.9 Å². The van der Waals surface area contributed by atoms with Crippen LogP contribution < -0.4 is 19.7 Å². The van der Waals surface area contributed by atoms with E-state index in [2.05, 4.69) is 31.2 Å². The molecular weight excluding hydrogens is 791 g/mol. The first-order valence-corrected chi connectivity index (χ1v) is 18.3. The van der Waals surface area contributed by atoms with Crippen LogP contribution in [0.4, 0.5) is 20.6 Å². The highest BCUT2D eigenvalue weighted by Gasteiger charge is 2.23. The fraction of sp³-hybridized carbons (Fsp3) is 0.289. The number of anilines is 2. The number of hydrogen-bond acceptors (Lipinski definition) is 11. The Bertz CT molecular complexity index is 2110. The Morgan fingerprint density at radius 1 is 1.02 bits per heavy atom. The quantitative estimate of drug-likeness (QED) is 0.0924. The molecule has 1 amide bonds. The van der Waals surface area contributed by atoms with Gasteiger partial charge in [-0.15, -0.1) is 11.3 Å². The van der Waals surface area contributed by atoms with Gasteiger partial charge in [0.1, 0.15) is 33.5 Å². The summed E-state index contributed by atoms with van der Waals surface area (Å²) in [5, 5.41) is 14.9. The van der Waals surface area contributed by atoms with E-state index in [1.165, 1.54) is 29.4 Å². The number of aliphatic hydroxyl groups is 1. The first kappa shape index (κ1) is 41.1. The number of ether oxygens (including phenoxy) is 3. The van der Waals surface area contributed by atoms with Gasteiger partial charge in [0.05, 0.1) is 35.5 Å². The lowest BCUT2D eigenvalue weighted by molar-refractivity contribution is 0.0588. The molecule has 0 radical (unpaired) electrons. The number of benzene rings is 2. The van der Waals surface area contributed by atoms with Crippen LogP contribution in [-0.2, 0) is 4.74 Å². The number of nitrogens with one attached hydrogen (secondary N) is 1. The second-order valence-corrected chi connectivity index (χ2v) is 14.4. The first-order chi connectivity index (χ1) is 25.2. The fourth-order valence-corrected chi connectivity index (χ4v) is 6.72. The molecule has 5 rings (SSSR count). The van der Waals surface area contributed by atoms with E-state index >= 15 is 0 Å². The molecule has 2 N–H and O–H groups in total. The minimum absolute atomic E-state index is 0.00375. The third-order valence-corrected chi connectivity index (χ3v) is 9.29. The molecule has 0 fully saturated rings. The average Bonchev–Trinajstić information content (AvgIpc) is 3.57. The lowest BCUT2D eigenvalue weighted by Gasteiger charge is -2.25. The van der Waals surface area contributed by atoms with Gasteiger partial charge in [-0.05, 0) is 85.2 Å². The summed E-state index contributed by atoms with van der Waals surface area (Å²) < 4.78 is 31.1. The normalized spacial score (nSPS) is 11.0. The molecule has 0 aliphatic heterocycles. The summed E-state index contributed by atoms with van der Waals surface area (Å²) in [5.41, 5.74) is 2.69. The zero-order chi connectivity index (χ0) is 38.9. The first-order valence-electron chi connectivity index (χ1n) is 16.3. The smallest absolute Gasteiger partial charge is 0.414 e. The Hall–Kier alpha value is -4.63. The van der Waals surface area contributed by atoms with Crippen molar-refractivity contribution in [3.8, 4) is 22.8 Å². The zero-order valence-electron chi connectivity index (χ0n) is 30.0. The van der Waals surface area contributed by atoms with Crippen molar-refractivity contribution in [3.63, 3.8) is 0 Å². The summed E-state index contributed by atoms with van der Waals surface area (Å²) in [4.78, 5) is 47.5. The van der Waals surface area contributed by atoms with Gasteiger partial charge in [-0.1, -0.05) is 23.7 Å². The largest absolute Gasteiger partial charge is 0.493 e. The maximum Gasteiger partial charge on any atom is 0.414 e. The fourth-order valence-electron chi connectivity index (χ4n) is 4.93. The predicted octanol–water partition coefficient (Wildman–Crippen LogP) is 9.24. The number of rotatable bonds is 12. The monoisotopic (exact) mass is 828 g/mol. The molecule has 0 saturated carbocycles. The van der Waals surface area contributed by atoms with Gasteiger partial charge in [0.2, 0.25) is 0 Å². The van der Waals surface area contributed by atoms with Crippen LogP contribution in [0.25, 0.3) is 21.3 Å². The van der Waals surface area contributed by atoms with Crippen molar-refractivity contribution in [2.45, 2.75) is 39.2 Å². The number of aromatic nitrogens is 2. The number of fused-ring (bicyclic) bond motifs is 1. The van der Waals surface area contributed by atoms with E-state index < -0.39 is 11.7 Å². The van der Waals surface area contributed by atoms with E-state index in [4.69, 9.17) is 30.9 Å². The summed E-state index contributed by atoms with van der Waals surface area (Å²) in [6.45, 7) is 5.40. The second kappa shape index (κ2) is 18.4. The number of pyridine rings is 2. The van der Waals surface area contributed by atoms with Gasteiger partial charge in [-0.25, -0.2) is 19.2 Å². The van der Waals surface area contributed by atoms with Gasteiger partial charge in [-0.3, -0.25) is 14.5 Å². The van der Waals surface area contributed by atoms with Crippen LogP contribution in [0.5, 0.6) is 11.5 Å². The number of nitrogens with zero attached hydrogens (tertiary/aromatic N) is 3. The van der Waals surface area contributed by atoms with Crippen LogP contribution in [-0.4, -0.2) is 72.8 Å². The number of methoxy groups -OCH3 is 1. The molecule has 3 heterocycles. The van der Waals surface area contributed by atoms with E-state index in [0.717, 1.165) is 10.9 Å². The van der Waals surface area contributed by atoms with E-state index in [1.54, 1.807) is 62.6 Å². The molecule has 0 aliphatic rings. The van der Waals surface area contributed by atoms with Crippen LogP contribution in [0.3, 0.4) is 0 Å². The molecule has 53 heavy (non-hydrogen) atoms. The van der Waals surface area contributed by atoms with E-state index in [0.29, 0.717) is 48.6 Å². The Kier molecular flexibility index (Phi) is 14.3. The molecule has 280 valence electrons. The molecule has 15 heteroatoms. The van der Waals surface area contributed by atoms with E-state index in [9.17, 15) is 18.8 Å². The van der Waals surface area contributed by atoms with Crippen molar-refractivity contribution in [1.29, 1.82) is 0 Å². The van der Waals surface area contributed by atoms with E-state index in [-0.39, 0.29) is 49.1 Å².